The van der Waals surface area contributed by atoms with Crippen molar-refractivity contribution < 1.29 is 0 Å². The molecule has 1 aromatic carbocycles. The molecular weight excluding hydrogens is 194 g/mol. The van der Waals surface area contributed by atoms with E-state index in [9.17, 15) is 0 Å². The van der Waals surface area contributed by atoms with Gasteiger partial charge in [-0.2, -0.15) is 0 Å². The van der Waals surface area contributed by atoms with Crippen LogP contribution in [-0.2, 0) is 0 Å². The molecule has 0 spiro atoms. The van der Waals surface area contributed by atoms with Crippen LogP contribution in [0.3, 0.4) is 0 Å². The second-order valence-electron chi connectivity index (χ2n) is 4.45. The monoisotopic (exact) mass is 219 g/mol. The Balaban J connectivity index is 2.49. The van der Waals surface area contributed by atoms with Crippen molar-refractivity contribution in [2.45, 2.75) is 45.4 Å². The fourth-order valence-corrected chi connectivity index (χ4v) is 2.02. The fourth-order valence-electron chi connectivity index (χ4n) is 2.02. The molecule has 0 aromatic heterocycles. The van der Waals surface area contributed by atoms with E-state index in [0.717, 1.165) is 13.1 Å². The first kappa shape index (κ1) is 13.2. The highest BCUT2D eigenvalue weighted by atomic mass is 14.8. The molecule has 0 bridgehead atoms. The Morgan fingerprint density at radius 3 is 2.44 bits per heavy atom. The van der Waals surface area contributed by atoms with Gasteiger partial charge in [0.1, 0.15) is 0 Å². The van der Waals surface area contributed by atoms with Gasteiger partial charge in [-0.3, -0.25) is 0 Å². The maximum Gasteiger partial charge on any atom is 0.00201 e. The molecule has 0 aliphatic carbocycles. The zero-order chi connectivity index (χ0) is 11.6. The molecule has 90 valence electrons. The maximum atomic E-state index is 3.54. The number of rotatable bonds is 8. The first-order chi connectivity index (χ1) is 7.88. The quantitative estimate of drug-likeness (QED) is 0.653. The highest BCUT2D eigenvalue weighted by Crippen LogP contribution is 2.21. The minimum Gasteiger partial charge on any atom is -0.316 e. The summed E-state index contributed by atoms with van der Waals surface area (Å²) in [6.45, 7) is 6.74. The van der Waals surface area contributed by atoms with Crippen molar-refractivity contribution in [2.24, 2.45) is 0 Å². The van der Waals surface area contributed by atoms with Crippen LogP contribution in [-0.4, -0.2) is 13.1 Å². The first-order valence-corrected chi connectivity index (χ1v) is 6.64. The topological polar surface area (TPSA) is 12.0 Å². The number of hydrogen-bond acceptors (Lipinski definition) is 1. The van der Waals surface area contributed by atoms with Crippen LogP contribution in [0.25, 0.3) is 0 Å². The summed E-state index contributed by atoms with van der Waals surface area (Å²) in [7, 11) is 0. The van der Waals surface area contributed by atoms with Crippen molar-refractivity contribution in [3.63, 3.8) is 0 Å². The van der Waals surface area contributed by atoms with E-state index in [4.69, 9.17) is 0 Å². The average Bonchev–Trinajstić information content (AvgIpc) is 2.35. The summed E-state index contributed by atoms with van der Waals surface area (Å²) < 4.78 is 0. The molecule has 1 aromatic rings. The van der Waals surface area contributed by atoms with Crippen LogP contribution in [0.1, 0.15) is 51.0 Å². The summed E-state index contributed by atoms with van der Waals surface area (Å²) in [6.07, 6.45) is 5.14. The lowest BCUT2D eigenvalue weighted by Crippen LogP contribution is -2.22. The molecule has 0 heterocycles. The van der Waals surface area contributed by atoms with E-state index < -0.39 is 0 Å². The van der Waals surface area contributed by atoms with Crippen LogP contribution in [0.2, 0.25) is 0 Å². The Morgan fingerprint density at radius 1 is 1.06 bits per heavy atom. The molecule has 16 heavy (non-hydrogen) atoms. The largest absolute Gasteiger partial charge is 0.316 e. The van der Waals surface area contributed by atoms with Crippen LogP contribution in [0.15, 0.2) is 30.3 Å². The van der Waals surface area contributed by atoms with E-state index in [1.807, 2.05) is 0 Å². The van der Waals surface area contributed by atoms with Crippen molar-refractivity contribution >= 4 is 0 Å². The lowest BCUT2D eigenvalue weighted by Gasteiger charge is -2.17. The van der Waals surface area contributed by atoms with Crippen LogP contribution < -0.4 is 5.32 Å². The van der Waals surface area contributed by atoms with E-state index >= 15 is 0 Å². The molecule has 1 atom stereocenters. The fraction of sp³-hybridized carbons (Fsp3) is 0.600. The third-order valence-corrected chi connectivity index (χ3v) is 2.99. The Bertz CT molecular complexity index is 255. The van der Waals surface area contributed by atoms with Crippen molar-refractivity contribution in [1.82, 2.24) is 5.32 Å². The standard InChI is InChI=1S/C15H25N/c1-3-5-9-15(13-16-12-4-2)14-10-7-6-8-11-14/h6-8,10-11,15-16H,3-5,9,12-13H2,1-2H3. The van der Waals surface area contributed by atoms with E-state index in [1.165, 1.54) is 31.2 Å². The Labute approximate surface area is 100 Å². The Morgan fingerprint density at radius 2 is 1.81 bits per heavy atom. The highest BCUT2D eigenvalue weighted by Gasteiger charge is 2.09. The summed E-state index contributed by atoms with van der Waals surface area (Å²) >= 11 is 0. The first-order valence-electron chi connectivity index (χ1n) is 6.64. The van der Waals surface area contributed by atoms with Crippen LogP contribution in [0.5, 0.6) is 0 Å². The second-order valence-corrected chi connectivity index (χ2v) is 4.45. The van der Waals surface area contributed by atoms with Crippen LogP contribution >= 0.6 is 0 Å². The van der Waals surface area contributed by atoms with Gasteiger partial charge in [-0.1, -0.05) is 57.0 Å². The van der Waals surface area contributed by atoms with Crippen LogP contribution in [0.4, 0.5) is 0 Å². The van der Waals surface area contributed by atoms with Crippen LogP contribution in [0, 0.1) is 0 Å². The summed E-state index contributed by atoms with van der Waals surface area (Å²) in [5.74, 6) is 0.688. The number of benzene rings is 1. The second kappa shape index (κ2) is 8.35. The van der Waals surface area contributed by atoms with Crippen molar-refractivity contribution in [2.75, 3.05) is 13.1 Å². The molecule has 1 rings (SSSR count). The molecule has 1 nitrogen and oxygen atoms in total. The minimum absolute atomic E-state index is 0.688. The van der Waals surface area contributed by atoms with E-state index in [1.54, 1.807) is 0 Å². The van der Waals surface area contributed by atoms with E-state index in [0.29, 0.717) is 5.92 Å². The summed E-state index contributed by atoms with van der Waals surface area (Å²) in [6, 6.07) is 10.9. The lowest BCUT2D eigenvalue weighted by molar-refractivity contribution is 0.528. The highest BCUT2D eigenvalue weighted by molar-refractivity contribution is 5.19. The Hall–Kier alpha value is -0.820. The molecular formula is C15H25N. The van der Waals surface area contributed by atoms with Gasteiger partial charge in [-0.05, 0) is 30.9 Å². The lowest BCUT2D eigenvalue weighted by atomic mass is 9.93. The molecule has 0 aliphatic rings. The van der Waals surface area contributed by atoms with Gasteiger partial charge in [-0.15, -0.1) is 0 Å². The zero-order valence-electron chi connectivity index (χ0n) is 10.7. The van der Waals surface area contributed by atoms with Crippen molar-refractivity contribution in [3.8, 4) is 0 Å². The predicted octanol–water partition coefficient (Wildman–Crippen LogP) is 3.96. The van der Waals surface area contributed by atoms with Gasteiger partial charge in [0.15, 0.2) is 0 Å². The number of unbranched alkanes of at least 4 members (excludes halogenated alkanes) is 1. The average molecular weight is 219 g/mol. The molecule has 0 radical (unpaired) electrons. The maximum absolute atomic E-state index is 3.54. The molecule has 0 aliphatic heterocycles. The number of hydrogen-bond donors (Lipinski definition) is 1. The van der Waals surface area contributed by atoms with Gasteiger partial charge in [0, 0.05) is 6.54 Å². The molecule has 1 heteroatoms. The van der Waals surface area contributed by atoms with Crippen molar-refractivity contribution in [3.05, 3.63) is 35.9 Å². The molecule has 0 amide bonds. The van der Waals surface area contributed by atoms with Gasteiger partial charge in [0.25, 0.3) is 0 Å². The summed E-state index contributed by atoms with van der Waals surface area (Å²) in [5.41, 5.74) is 1.49. The smallest absolute Gasteiger partial charge is 0.00201 e. The molecule has 1 N–H and O–H groups in total. The number of nitrogens with one attached hydrogen (secondary N) is 1. The Kier molecular flexibility index (Phi) is 6.91. The molecule has 0 saturated heterocycles. The summed E-state index contributed by atoms with van der Waals surface area (Å²) in [4.78, 5) is 0. The molecule has 0 fully saturated rings. The van der Waals surface area contributed by atoms with Gasteiger partial charge in [-0.25, -0.2) is 0 Å². The minimum atomic E-state index is 0.688. The predicted molar refractivity (Wildman–Crippen MR) is 71.9 cm³/mol. The zero-order valence-corrected chi connectivity index (χ0v) is 10.7. The SMILES string of the molecule is CCCCC(CNCCC)c1ccccc1. The third kappa shape index (κ3) is 4.80. The van der Waals surface area contributed by atoms with E-state index in [2.05, 4.69) is 49.5 Å². The van der Waals surface area contributed by atoms with Gasteiger partial charge in [0.2, 0.25) is 0 Å². The normalized spacial score (nSPS) is 12.6. The van der Waals surface area contributed by atoms with E-state index in [-0.39, 0.29) is 0 Å². The summed E-state index contributed by atoms with van der Waals surface area (Å²) in [5, 5.41) is 3.54. The third-order valence-electron chi connectivity index (χ3n) is 2.99. The molecule has 1 unspecified atom stereocenters. The van der Waals surface area contributed by atoms with Gasteiger partial charge in [0.05, 0.1) is 0 Å². The van der Waals surface area contributed by atoms with Gasteiger partial charge < -0.3 is 5.32 Å². The molecule has 0 saturated carbocycles. The van der Waals surface area contributed by atoms with Crippen molar-refractivity contribution in [1.29, 1.82) is 0 Å². The van der Waals surface area contributed by atoms with Gasteiger partial charge >= 0.3 is 0 Å².